The van der Waals surface area contributed by atoms with Crippen LogP contribution < -0.4 is 4.74 Å². The van der Waals surface area contributed by atoms with E-state index < -0.39 is 0 Å². The first-order valence-corrected chi connectivity index (χ1v) is 9.41. The molecule has 7 heteroatoms. The van der Waals surface area contributed by atoms with Gasteiger partial charge in [-0.2, -0.15) is 0 Å². The fourth-order valence-corrected chi connectivity index (χ4v) is 4.01. The molecule has 1 aliphatic heterocycles. The highest BCUT2D eigenvalue weighted by molar-refractivity contribution is 5.86. The molecule has 28 heavy (non-hydrogen) atoms. The molecule has 1 aliphatic rings. The second-order valence-electron chi connectivity index (χ2n) is 7.23. The number of carbonyl (C=O) groups excluding carboxylic acids is 1. The van der Waals surface area contributed by atoms with Crippen molar-refractivity contribution >= 4 is 16.9 Å². The van der Waals surface area contributed by atoms with Crippen LogP contribution in [-0.4, -0.2) is 50.4 Å². The van der Waals surface area contributed by atoms with Gasteiger partial charge in [0, 0.05) is 19.3 Å². The summed E-state index contributed by atoms with van der Waals surface area (Å²) < 4.78 is 7.48. The van der Waals surface area contributed by atoms with Crippen molar-refractivity contribution in [2.24, 2.45) is 7.05 Å². The van der Waals surface area contributed by atoms with Crippen molar-refractivity contribution < 1.29 is 14.6 Å². The molecule has 0 fully saturated rings. The number of amides is 1. The first-order valence-electron chi connectivity index (χ1n) is 9.41. The largest absolute Gasteiger partial charge is 0.466 e. The number of ether oxygens (including phenoxy) is 1. The molecule has 1 N–H and O–H groups in total. The van der Waals surface area contributed by atoms with E-state index in [1.54, 1.807) is 9.58 Å². The van der Waals surface area contributed by atoms with Crippen LogP contribution in [0.3, 0.4) is 0 Å². The third-order valence-corrected chi connectivity index (χ3v) is 5.32. The summed E-state index contributed by atoms with van der Waals surface area (Å²) in [7, 11) is 1.81. The Morgan fingerprint density at radius 1 is 1.32 bits per heavy atom. The van der Waals surface area contributed by atoms with Crippen molar-refractivity contribution in [1.82, 2.24) is 19.7 Å². The summed E-state index contributed by atoms with van der Waals surface area (Å²) in [6, 6.07) is 9.57. The Bertz CT molecular complexity index is 1040. The normalized spacial score (nSPS) is 16.3. The predicted octanol–water partition coefficient (Wildman–Crippen LogP) is 2.08. The maximum Gasteiger partial charge on any atom is 0.261 e. The van der Waals surface area contributed by atoms with Crippen LogP contribution in [0.15, 0.2) is 30.3 Å². The lowest BCUT2D eigenvalue weighted by Crippen LogP contribution is -2.43. The first-order chi connectivity index (χ1) is 13.5. The van der Waals surface area contributed by atoms with Gasteiger partial charge in [0.05, 0.1) is 18.0 Å². The van der Waals surface area contributed by atoms with Crippen LogP contribution in [0.1, 0.15) is 28.4 Å². The molecule has 1 amide bonds. The Hall–Kier alpha value is -2.93. The quantitative estimate of drug-likeness (QED) is 0.750. The van der Waals surface area contributed by atoms with Gasteiger partial charge in [-0.25, -0.2) is 9.67 Å². The Labute approximate surface area is 163 Å². The Kier molecular flexibility index (Phi) is 4.77. The first kappa shape index (κ1) is 18.4. The van der Waals surface area contributed by atoms with Crippen LogP contribution in [0.5, 0.6) is 5.88 Å². The van der Waals surface area contributed by atoms with E-state index in [1.165, 1.54) is 5.56 Å². The minimum Gasteiger partial charge on any atom is -0.466 e. The average Bonchev–Trinajstić information content (AvgIpc) is 3.01. The summed E-state index contributed by atoms with van der Waals surface area (Å²) in [6.07, 6.45) is 0.771. The number of rotatable bonds is 4. The highest BCUT2D eigenvalue weighted by Crippen LogP contribution is 2.30. The van der Waals surface area contributed by atoms with Gasteiger partial charge in [-0.05, 0) is 43.0 Å². The zero-order chi connectivity index (χ0) is 19.8. The molecule has 0 aliphatic carbocycles. The minimum absolute atomic E-state index is 0.114. The molecule has 7 nitrogen and oxygen atoms in total. The second-order valence-corrected chi connectivity index (χ2v) is 7.23. The number of pyridine rings is 1. The van der Waals surface area contributed by atoms with Crippen LogP contribution >= 0.6 is 0 Å². The monoisotopic (exact) mass is 380 g/mol. The van der Waals surface area contributed by atoms with Gasteiger partial charge in [-0.15, -0.1) is 5.10 Å². The molecular formula is C21H24N4O3. The van der Waals surface area contributed by atoms with E-state index in [-0.39, 0.29) is 25.2 Å². The molecule has 146 valence electrons. The molecule has 0 bridgehead atoms. The van der Waals surface area contributed by atoms with E-state index in [0.717, 1.165) is 34.3 Å². The molecular weight excluding hydrogens is 356 g/mol. The molecule has 2 aromatic heterocycles. The molecule has 3 aromatic rings. The number of fused-ring (bicyclic) bond motifs is 2. The third kappa shape index (κ3) is 3.11. The van der Waals surface area contributed by atoms with Crippen molar-refractivity contribution in [2.75, 3.05) is 19.8 Å². The lowest BCUT2D eigenvalue weighted by molar-refractivity contribution is -0.137. The van der Waals surface area contributed by atoms with Gasteiger partial charge >= 0.3 is 0 Å². The highest BCUT2D eigenvalue weighted by Gasteiger charge is 2.30. The summed E-state index contributed by atoms with van der Waals surface area (Å²) in [5, 5.41) is 15.1. The number of nitrogens with zero attached hydrogens (tertiary/aromatic N) is 4. The molecule has 4 rings (SSSR count). The summed E-state index contributed by atoms with van der Waals surface area (Å²) >= 11 is 0. The molecule has 1 aromatic carbocycles. The van der Waals surface area contributed by atoms with Crippen LogP contribution in [0, 0.1) is 13.8 Å². The van der Waals surface area contributed by atoms with E-state index in [2.05, 4.69) is 10.1 Å². The summed E-state index contributed by atoms with van der Waals surface area (Å²) in [5.41, 5.74) is 4.84. The Morgan fingerprint density at radius 2 is 2.11 bits per heavy atom. The van der Waals surface area contributed by atoms with E-state index in [4.69, 9.17) is 4.74 Å². The fraction of sp³-hybridized carbons (Fsp3) is 0.381. The molecule has 0 unspecified atom stereocenters. The smallest absolute Gasteiger partial charge is 0.261 e. The predicted molar refractivity (Wildman–Crippen MR) is 105 cm³/mol. The van der Waals surface area contributed by atoms with Crippen LogP contribution in [0.25, 0.3) is 11.0 Å². The number of benzene rings is 1. The lowest BCUT2D eigenvalue weighted by atomic mass is 9.93. The van der Waals surface area contributed by atoms with Crippen molar-refractivity contribution in [3.8, 4) is 5.88 Å². The van der Waals surface area contributed by atoms with E-state index >= 15 is 0 Å². The van der Waals surface area contributed by atoms with E-state index in [9.17, 15) is 9.90 Å². The zero-order valence-electron chi connectivity index (χ0n) is 16.3. The van der Waals surface area contributed by atoms with Gasteiger partial charge in [0.15, 0.2) is 12.3 Å². The van der Waals surface area contributed by atoms with Crippen molar-refractivity contribution in [3.63, 3.8) is 0 Å². The maximum atomic E-state index is 12.9. The summed E-state index contributed by atoms with van der Waals surface area (Å²) in [5.74, 6) is 0.249. The number of hydrogen-bond acceptors (Lipinski definition) is 5. The Balaban J connectivity index is 1.55. The minimum atomic E-state index is -0.340. The molecule has 3 heterocycles. The van der Waals surface area contributed by atoms with Crippen molar-refractivity contribution in [3.05, 3.63) is 52.7 Å². The van der Waals surface area contributed by atoms with Crippen LogP contribution in [0.2, 0.25) is 0 Å². The third-order valence-electron chi connectivity index (χ3n) is 5.32. The maximum absolute atomic E-state index is 12.9. The van der Waals surface area contributed by atoms with Gasteiger partial charge < -0.3 is 14.7 Å². The lowest BCUT2D eigenvalue weighted by Gasteiger charge is -2.36. The van der Waals surface area contributed by atoms with Crippen LogP contribution in [0.4, 0.5) is 0 Å². The number of aliphatic hydroxyl groups excluding tert-OH is 1. The second kappa shape index (κ2) is 7.24. The standard InChI is InChI=1S/C21H24N4O3/c1-13-10-14(2)22-20-19(13)21(23-24(20)3)28-12-18(27)25-9-8-15-6-4-5-7-16(15)17(25)11-26/h4-7,10,17,26H,8-9,11-12H2,1-3H3/t17-/m1/s1. The molecule has 0 saturated carbocycles. The average molecular weight is 380 g/mol. The van der Waals surface area contributed by atoms with Crippen LogP contribution in [-0.2, 0) is 18.3 Å². The highest BCUT2D eigenvalue weighted by atomic mass is 16.5. The number of aryl methyl sites for hydroxylation is 3. The van der Waals surface area contributed by atoms with Gasteiger partial charge in [0.1, 0.15) is 0 Å². The summed E-state index contributed by atoms with van der Waals surface area (Å²) in [4.78, 5) is 19.1. The fourth-order valence-electron chi connectivity index (χ4n) is 4.01. The molecule has 1 atom stereocenters. The number of aromatic nitrogens is 3. The SMILES string of the molecule is Cc1cc(C)c2c(OCC(=O)N3CCc4ccccc4[C@H]3CO)nn(C)c2n1. The number of aliphatic hydroxyl groups is 1. The molecule has 0 radical (unpaired) electrons. The van der Waals surface area contributed by atoms with Gasteiger partial charge in [0.25, 0.3) is 5.91 Å². The number of carbonyl (C=O) groups is 1. The van der Waals surface area contributed by atoms with Crippen molar-refractivity contribution in [1.29, 1.82) is 0 Å². The summed E-state index contributed by atoms with van der Waals surface area (Å²) in [6.45, 7) is 4.24. The van der Waals surface area contributed by atoms with Crippen molar-refractivity contribution in [2.45, 2.75) is 26.3 Å². The zero-order valence-corrected chi connectivity index (χ0v) is 16.3. The van der Waals surface area contributed by atoms with E-state index in [1.807, 2.05) is 51.2 Å². The molecule has 0 saturated heterocycles. The number of hydrogen-bond donors (Lipinski definition) is 1. The molecule has 0 spiro atoms. The Morgan fingerprint density at radius 3 is 2.89 bits per heavy atom. The van der Waals surface area contributed by atoms with E-state index in [0.29, 0.717) is 12.4 Å². The van der Waals surface area contributed by atoms with Gasteiger partial charge in [-0.3, -0.25) is 4.79 Å². The van der Waals surface area contributed by atoms with Gasteiger partial charge in [0.2, 0.25) is 5.88 Å². The topological polar surface area (TPSA) is 80.5 Å². The van der Waals surface area contributed by atoms with Gasteiger partial charge in [-0.1, -0.05) is 24.3 Å².